The van der Waals surface area contributed by atoms with Crippen LogP contribution in [0.25, 0.3) is 0 Å². The van der Waals surface area contributed by atoms with Crippen molar-refractivity contribution in [1.29, 1.82) is 0 Å². The normalized spacial score (nSPS) is 12.7. The van der Waals surface area contributed by atoms with Gasteiger partial charge in [-0.15, -0.1) is 0 Å². The summed E-state index contributed by atoms with van der Waals surface area (Å²) in [5.74, 6) is -0.311. The minimum atomic E-state index is -0.663. The van der Waals surface area contributed by atoms with Gasteiger partial charge in [-0.25, -0.2) is 0 Å². The molecule has 0 radical (unpaired) electrons. The van der Waals surface area contributed by atoms with Crippen LogP contribution in [0.2, 0.25) is 0 Å². The maximum absolute atomic E-state index is 11.8. The predicted molar refractivity (Wildman–Crippen MR) is 87.3 cm³/mol. The second-order valence-electron chi connectivity index (χ2n) is 6.29. The third-order valence-electron chi connectivity index (χ3n) is 3.13. The van der Waals surface area contributed by atoms with E-state index in [-0.39, 0.29) is 24.7 Å². The van der Waals surface area contributed by atoms with Gasteiger partial charge in [-0.2, -0.15) is 0 Å². The minimum absolute atomic E-state index is 0.0635. The molecule has 0 aromatic rings. The average molecular weight is 330 g/mol. The smallest absolute Gasteiger partial charge is 0.246 e. The molecule has 7 nitrogen and oxygen atoms in total. The lowest BCUT2D eigenvalue weighted by atomic mass is 9.87. The third-order valence-corrected chi connectivity index (χ3v) is 3.13. The largest absolute Gasteiger partial charge is 0.378 e. The number of ketones is 1. The van der Waals surface area contributed by atoms with Gasteiger partial charge in [0.2, 0.25) is 5.91 Å². The number of rotatable bonds is 13. The fraction of sp³-hybridized carbons (Fsp3) is 0.812. The zero-order chi connectivity index (χ0) is 17.7. The molecule has 0 saturated heterocycles. The van der Waals surface area contributed by atoms with Crippen molar-refractivity contribution < 1.29 is 23.9 Å². The summed E-state index contributed by atoms with van der Waals surface area (Å²) in [6.45, 7) is 7.42. The van der Waals surface area contributed by atoms with Gasteiger partial charge in [-0.1, -0.05) is 20.8 Å². The van der Waals surface area contributed by atoms with E-state index in [2.05, 4.69) is 10.6 Å². The summed E-state index contributed by atoms with van der Waals surface area (Å²) in [4.78, 5) is 34.5. The number of ether oxygens (including phenoxy) is 2. The number of hydrogen-bond donors (Lipinski definition) is 2. The van der Waals surface area contributed by atoms with E-state index in [0.29, 0.717) is 32.5 Å². The Labute approximate surface area is 138 Å². The first-order valence-corrected chi connectivity index (χ1v) is 7.89. The van der Waals surface area contributed by atoms with Crippen molar-refractivity contribution in [3.05, 3.63) is 0 Å². The topological polar surface area (TPSA) is 93.7 Å². The molecule has 7 heteroatoms. The first-order chi connectivity index (χ1) is 10.8. The fourth-order valence-corrected chi connectivity index (χ4v) is 1.64. The van der Waals surface area contributed by atoms with Crippen LogP contribution in [0, 0.1) is 5.41 Å². The average Bonchev–Trinajstić information content (AvgIpc) is 2.49. The summed E-state index contributed by atoms with van der Waals surface area (Å²) in [5.41, 5.74) is -0.437. The zero-order valence-electron chi connectivity index (χ0n) is 14.6. The quantitative estimate of drug-likeness (QED) is 0.373. The summed E-state index contributed by atoms with van der Waals surface area (Å²) in [6.07, 6.45) is 1.21. The van der Waals surface area contributed by atoms with Gasteiger partial charge in [0.15, 0.2) is 0 Å². The van der Waals surface area contributed by atoms with Crippen LogP contribution < -0.4 is 10.6 Å². The molecule has 0 heterocycles. The van der Waals surface area contributed by atoms with Crippen molar-refractivity contribution in [2.45, 2.75) is 39.7 Å². The number of amides is 1. The van der Waals surface area contributed by atoms with Crippen molar-refractivity contribution in [3.8, 4) is 0 Å². The Morgan fingerprint density at radius 3 is 2.35 bits per heavy atom. The van der Waals surface area contributed by atoms with Gasteiger partial charge in [-0.3, -0.25) is 9.59 Å². The van der Waals surface area contributed by atoms with E-state index in [1.54, 1.807) is 0 Å². The van der Waals surface area contributed by atoms with Crippen LogP contribution >= 0.6 is 0 Å². The van der Waals surface area contributed by atoms with E-state index in [4.69, 9.17) is 9.47 Å². The summed E-state index contributed by atoms with van der Waals surface area (Å²) in [7, 11) is 1.84. The van der Waals surface area contributed by atoms with Gasteiger partial charge >= 0.3 is 0 Å². The van der Waals surface area contributed by atoms with Crippen LogP contribution in [-0.4, -0.2) is 64.0 Å². The number of hydrogen-bond acceptors (Lipinski definition) is 6. The van der Waals surface area contributed by atoms with Crippen molar-refractivity contribution >= 4 is 18.0 Å². The molecule has 0 aliphatic rings. The van der Waals surface area contributed by atoms with Gasteiger partial charge in [0.25, 0.3) is 0 Å². The Hall–Kier alpha value is -1.31. The standard InChI is InChI=1S/C16H30N2O5/c1-16(2,3)14(20)6-5-13(11-19)18-15(21)12-23-10-9-22-8-7-17-4/h11,13,17H,5-10,12H2,1-4H3,(H,18,21). The number of Topliss-reactive ketones (excluding diaryl/α,β-unsaturated/α-hetero) is 1. The monoisotopic (exact) mass is 330 g/mol. The van der Waals surface area contributed by atoms with Gasteiger partial charge in [-0.05, 0) is 13.5 Å². The van der Waals surface area contributed by atoms with Gasteiger partial charge in [0, 0.05) is 18.4 Å². The number of aldehydes is 1. The number of carbonyl (C=O) groups excluding carboxylic acids is 3. The predicted octanol–water partition coefficient (Wildman–Crippen LogP) is 0.318. The molecular formula is C16H30N2O5. The Morgan fingerprint density at radius 1 is 1.13 bits per heavy atom. The SMILES string of the molecule is CNCCOCCOCC(=O)NC(C=O)CCC(=O)C(C)(C)C. The van der Waals surface area contributed by atoms with Crippen molar-refractivity contribution in [2.24, 2.45) is 5.41 Å². The molecule has 0 rings (SSSR count). The van der Waals surface area contributed by atoms with Gasteiger partial charge in [0.05, 0.1) is 25.9 Å². The molecule has 0 bridgehead atoms. The Kier molecular flexibility index (Phi) is 11.5. The van der Waals surface area contributed by atoms with E-state index < -0.39 is 11.5 Å². The van der Waals surface area contributed by atoms with Crippen LogP contribution in [0.3, 0.4) is 0 Å². The van der Waals surface area contributed by atoms with Gasteiger partial charge in [0.1, 0.15) is 18.7 Å². The minimum Gasteiger partial charge on any atom is -0.378 e. The summed E-state index contributed by atoms with van der Waals surface area (Å²) >= 11 is 0. The summed E-state index contributed by atoms with van der Waals surface area (Å²) in [6, 6.07) is -0.663. The summed E-state index contributed by atoms with van der Waals surface area (Å²) in [5, 5.41) is 5.50. The second kappa shape index (κ2) is 12.2. The molecule has 0 aliphatic heterocycles. The van der Waals surface area contributed by atoms with E-state index in [1.165, 1.54) is 0 Å². The number of nitrogens with one attached hydrogen (secondary N) is 2. The number of likely N-dealkylation sites (N-methyl/N-ethyl adjacent to an activating group) is 1. The Bertz CT molecular complexity index is 366. The maximum Gasteiger partial charge on any atom is 0.246 e. The van der Waals surface area contributed by atoms with E-state index in [1.807, 2.05) is 27.8 Å². The van der Waals surface area contributed by atoms with Crippen LogP contribution in [0.1, 0.15) is 33.6 Å². The Morgan fingerprint density at radius 2 is 1.78 bits per heavy atom. The maximum atomic E-state index is 11.8. The third kappa shape index (κ3) is 11.9. The van der Waals surface area contributed by atoms with E-state index >= 15 is 0 Å². The molecule has 2 N–H and O–H groups in total. The lowest BCUT2D eigenvalue weighted by Crippen LogP contribution is -2.39. The second-order valence-corrected chi connectivity index (χ2v) is 6.29. The molecule has 0 saturated carbocycles. The lowest BCUT2D eigenvalue weighted by molar-refractivity contribution is -0.130. The van der Waals surface area contributed by atoms with Crippen LogP contribution in [-0.2, 0) is 23.9 Å². The highest BCUT2D eigenvalue weighted by Crippen LogP contribution is 2.18. The molecular weight excluding hydrogens is 300 g/mol. The Balaban J connectivity index is 3.84. The first kappa shape index (κ1) is 21.7. The summed E-state index contributed by atoms with van der Waals surface area (Å²) < 4.78 is 10.4. The van der Waals surface area contributed by atoms with Crippen LogP contribution in [0.5, 0.6) is 0 Å². The molecule has 0 fully saturated rings. The highest BCUT2D eigenvalue weighted by atomic mass is 16.5. The van der Waals surface area contributed by atoms with Gasteiger partial charge < -0.3 is 24.9 Å². The molecule has 0 aromatic heterocycles. The van der Waals surface area contributed by atoms with Crippen molar-refractivity contribution in [3.63, 3.8) is 0 Å². The van der Waals surface area contributed by atoms with Crippen molar-refractivity contribution in [2.75, 3.05) is 40.0 Å². The first-order valence-electron chi connectivity index (χ1n) is 7.89. The highest BCUT2D eigenvalue weighted by Gasteiger charge is 2.22. The molecule has 1 amide bonds. The molecule has 0 aliphatic carbocycles. The molecule has 1 unspecified atom stereocenters. The lowest BCUT2D eigenvalue weighted by Gasteiger charge is -2.18. The highest BCUT2D eigenvalue weighted by molar-refractivity contribution is 5.84. The molecule has 0 spiro atoms. The van der Waals surface area contributed by atoms with E-state index in [0.717, 1.165) is 6.54 Å². The van der Waals surface area contributed by atoms with Crippen LogP contribution in [0.4, 0.5) is 0 Å². The van der Waals surface area contributed by atoms with Crippen LogP contribution in [0.15, 0.2) is 0 Å². The molecule has 134 valence electrons. The number of carbonyl (C=O) groups is 3. The zero-order valence-corrected chi connectivity index (χ0v) is 14.6. The molecule has 0 aromatic carbocycles. The van der Waals surface area contributed by atoms with Crippen molar-refractivity contribution in [1.82, 2.24) is 10.6 Å². The fourth-order valence-electron chi connectivity index (χ4n) is 1.64. The molecule has 23 heavy (non-hydrogen) atoms. The van der Waals surface area contributed by atoms with E-state index in [9.17, 15) is 14.4 Å². The molecule has 1 atom stereocenters.